The number of amides is 2. The normalized spacial score (nSPS) is 34.0. The first kappa shape index (κ1) is 17.7. The molecule has 2 unspecified atom stereocenters. The van der Waals surface area contributed by atoms with Crippen LogP contribution in [0.5, 0.6) is 0 Å². The largest absolute Gasteiger partial charge is 0.355 e. The number of hydrogen-bond donors (Lipinski definition) is 2. The summed E-state index contributed by atoms with van der Waals surface area (Å²) in [7, 11) is 0. The van der Waals surface area contributed by atoms with E-state index in [0.717, 1.165) is 45.6 Å². The third-order valence-corrected chi connectivity index (χ3v) is 6.33. The van der Waals surface area contributed by atoms with Gasteiger partial charge in [0.25, 0.3) is 0 Å². The van der Waals surface area contributed by atoms with Crippen LogP contribution in [0.25, 0.3) is 0 Å². The van der Waals surface area contributed by atoms with Crippen molar-refractivity contribution >= 4 is 11.8 Å². The van der Waals surface area contributed by atoms with Gasteiger partial charge in [-0.2, -0.15) is 0 Å². The van der Waals surface area contributed by atoms with Crippen LogP contribution < -0.4 is 11.1 Å². The van der Waals surface area contributed by atoms with Crippen LogP contribution in [0.15, 0.2) is 0 Å². The molecule has 2 atom stereocenters. The minimum Gasteiger partial charge on any atom is -0.355 e. The Morgan fingerprint density at radius 1 is 1.08 bits per heavy atom. The number of rotatable bonds is 4. The second-order valence-electron chi connectivity index (χ2n) is 7.84. The van der Waals surface area contributed by atoms with Crippen LogP contribution in [0.4, 0.5) is 0 Å². The molecule has 3 fully saturated rings. The number of nitrogens with zero attached hydrogens (tertiary/aromatic N) is 2. The molecule has 6 heteroatoms. The standard InChI is InChI=1S/C18H32N4O2/c1-13(23)22-9-7-21(8-10-22)6-5-20-18(24)16-11-14-3-2-4-15(12-16)17(14)19/h14-17H,2-12,19H2,1H3,(H,20,24). The molecule has 2 bridgehead atoms. The average molecular weight is 336 g/mol. The van der Waals surface area contributed by atoms with Crippen molar-refractivity contribution in [1.82, 2.24) is 15.1 Å². The Morgan fingerprint density at radius 3 is 2.29 bits per heavy atom. The van der Waals surface area contributed by atoms with Gasteiger partial charge in [0, 0.05) is 58.2 Å². The maximum atomic E-state index is 12.5. The van der Waals surface area contributed by atoms with Crippen molar-refractivity contribution < 1.29 is 9.59 Å². The number of hydrogen-bond acceptors (Lipinski definition) is 4. The Labute approximate surface area is 145 Å². The predicted octanol–water partition coefficient (Wildman–Crippen LogP) is 0.420. The summed E-state index contributed by atoms with van der Waals surface area (Å²) in [6.45, 7) is 6.60. The van der Waals surface area contributed by atoms with E-state index in [0.29, 0.717) is 24.4 Å². The molecule has 0 spiro atoms. The molecule has 0 aromatic carbocycles. The van der Waals surface area contributed by atoms with Crippen molar-refractivity contribution in [3.05, 3.63) is 0 Å². The first-order valence-corrected chi connectivity index (χ1v) is 9.55. The van der Waals surface area contributed by atoms with Crippen molar-refractivity contribution in [3.8, 4) is 0 Å². The fourth-order valence-corrected chi connectivity index (χ4v) is 4.77. The molecule has 1 heterocycles. The van der Waals surface area contributed by atoms with E-state index < -0.39 is 0 Å². The highest BCUT2D eigenvalue weighted by Gasteiger charge is 2.40. The summed E-state index contributed by atoms with van der Waals surface area (Å²) in [6.07, 6.45) is 5.62. The summed E-state index contributed by atoms with van der Waals surface area (Å²) in [5.74, 6) is 1.64. The first-order chi connectivity index (χ1) is 11.5. The Kier molecular flexibility index (Phi) is 5.76. The molecule has 0 radical (unpaired) electrons. The number of carbonyl (C=O) groups excluding carboxylic acids is 2. The molecule has 3 aliphatic rings. The monoisotopic (exact) mass is 336 g/mol. The quantitative estimate of drug-likeness (QED) is 0.780. The van der Waals surface area contributed by atoms with Gasteiger partial charge in [-0.3, -0.25) is 14.5 Å². The van der Waals surface area contributed by atoms with E-state index in [1.165, 1.54) is 19.3 Å². The number of piperazine rings is 1. The smallest absolute Gasteiger partial charge is 0.223 e. The maximum absolute atomic E-state index is 12.5. The Bertz CT molecular complexity index is 448. The molecule has 24 heavy (non-hydrogen) atoms. The maximum Gasteiger partial charge on any atom is 0.223 e. The zero-order valence-corrected chi connectivity index (χ0v) is 14.9. The zero-order valence-electron chi connectivity index (χ0n) is 14.9. The van der Waals surface area contributed by atoms with E-state index in [2.05, 4.69) is 10.2 Å². The van der Waals surface area contributed by atoms with Crippen molar-refractivity contribution in [3.63, 3.8) is 0 Å². The fraction of sp³-hybridized carbons (Fsp3) is 0.889. The molecule has 1 saturated heterocycles. The van der Waals surface area contributed by atoms with Crippen molar-refractivity contribution in [2.75, 3.05) is 39.3 Å². The Morgan fingerprint density at radius 2 is 1.71 bits per heavy atom. The van der Waals surface area contributed by atoms with Crippen LogP contribution >= 0.6 is 0 Å². The van der Waals surface area contributed by atoms with E-state index in [4.69, 9.17) is 5.73 Å². The van der Waals surface area contributed by atoms with Gasteiger partial charge >= 0.3 is 0 Å². The van der Waals surface area contributed by atoms with E-state index in [9.17, 15) is 9.59 Å². The topological polar surface area (TPSA) is 78.7 Å². The Balaban J connectivity index is 1.37. The summed E-state index contributed by atoms with van der Waals surface area (Å²) in [5.41, 5.74) is 6.31. The van der Waals surface area contributed by atoms with Crippen molar-refractivity contribution in [1.29, 1.82) is 0 Å². The molecule has 6 nitrogen and oxygen atoms in total. The average Bonchev–Trinajstić information content (AvgIpc) is 2.55. The molecule has 2 saturated carbocycles. The molecule has 3 rings (SSSR count). The molecule has 2 aliphatic carbocycles. The molecular weight excluding hydrogens is 304 g/mol. The summed E-state index contributed by atoms with van der Waals surface area (Å²) < 4.78 is 0. The minimum absolute atomic E-state index is 0.156. The molecular formula is C18H32N4O2. The van der Waals surface area contributed by atoms with Crippen molar-refractivity contribution in [2.45, 2.75) is 45.1 Å². The highest BCUT2D eigenvalue weighted by atomic mass is 16.2. The van der Waals surface area contributed by atoms with E-state index in [1.807, 2.05) is 4.90 Å². The van der Waals surface area contributed by atoms with Gasteiger partial charge in [-0.1, -0.05) is 6.42 Å². The van der Waals surface area contributed by atoms with Gasteiger partial charge < -0.3 is 16.0 Å². The summed E-state index contributed by atoms with van der Waals surface area (Å²) in [5, 5.41) is 3.14. The lowest BCUT2D eigenvalue weighted by atomic mass is 9.65. The van der Waals surface area contributed by atoms with E-state index >= 15 is 0 Å². The first-order valence-electron chi connectivity index (χ1n) is 9.55. The number of carbonyl (C=O) groups is 2. The summed E-state index contributed by atoms with van der Waals surface area (Å²) in [4.78, 5) is 28.0. The molecule has 3 N–H and O–H groups in total. The molecule has 136 valence electrons. The lowest BCUT2D eigenvalue weighted by Crippen LogP contribution is -2.51. The van der Waals surface area contributed by atoms with Crippen LogP contribution in [0.1, 0.15) is 39.0 Å². The molecule has 1 aliphatic heterocycles. The highest BCUT2D eigenvalue weighted by molar-refractivity contribution is 5.78. The van der Waals surface area contributed by atoms with Crippen LogP contribution in [-0.4, -0.2) is 66.9 Å². The summed E-state index contributed by atoms with van der Waals surface area (Å²) >= 11 is 0. The van der Waals surface area contributed by atoms with Gasteiger partial charge in [0.2, 0.25) is 11.8 Å². The van der Waals surface area contributed by atoms with Crippen LogP contribution in [0, 0.1) is 17.8 Å². The third kappa shape index (κ3) is 4.09. The van der Waals surface area contributed by atoms with Gasteiger partial charge in [-0.25, -0.2) is 0 Å². The van der Waals surface area contributed by atoms with Crippen LogP contribution in [0.3, 0.4) is 0 Å². The van der Waals surface area contributed by atoms with E-state index in [-0.39, 0.29) is 17.7 Å². The third-order valence-electron chi connectivity index (χ3n) is 6.33. The van der Waals surface area contributed by atoms with Gasteiger partial charge in [0.15, 0.2) is 0 Å². The van der Waals surface area contributed by atoms with E-state index in [1.54, 1.807) is 6.92 Å². The second-order valence-corrected chi connectivity index (χ2v) is 7.84. The zero-order chi connectivity index (χ0) is 17.1. The predicted molar refractivity (Wildman–Crippen MR) is 93.2 cm³/mol. The van der Waals surface area contributed by atoms with Gasteiger partial charge in [0.1, 0.15) is 0 Å². The van der Waals surface area contributed by atoms with Gasteiger partial charge in [-0.05, 0) is 37.5 Å². The second kappa shape index (κ2) is 7.83. The lowest BCUT2D eigenvalue weighted by molar-refractivity contribution is -0.130. The van der Waals surface area contributed by atoms with Crippen molar-refractivity contribution in [2.24, 2.45) is 23.5 Å². The fourth-order valence-electron chi connectivity index (χ4n) is 4.77. The number of nitrogens with one attached hydrogen (secondary N) is 1. The minimum atomic E-state index is 0.156. The van der Waals surface area contributed by atoms with Crippen LogP contribution in [-0.2, 0) is 9.59 Å². The van der Waals surface area contributed by atoms with Gasteiger partial charge in [0.05, 0.1) is 0 Å². The highest BCUT2D eigenvalue weighted by Crippen LogP contribution is 2.41. The number of fused-ring (bicyclic) bond motifs is 2. The molecule has 2 amide bonds. The molecule has 0 aromatic rings. The SMILES string of the molecule is CC(=O)N1CCN(CCNC(=O)C2CC3CCCC(C2)C3N)CC1. The molecule has 0 aromatic heterocycles. The Hall–Kier alpha value is -1.14. The lowest BCUT2D eigenvalue weighted by Gasteiger charge is -2.43. The number of nitrogens with two attached hydrogens (primary N) is 1. The summed E-state index contributed by atoms with van der Waals surface area (Å²) in [6, 6.07) is 0.320. The van der Waals surface area contributed by atoms with Crippen LogP contribution in [0.2, 0.25) is 0 Å². The van der Waals surface area contributed by atoms with Gasteiger partial charge in [-0.15, -0.1) is 0 Å².